The van der Waals surface area contributed by atoms with E-state index in [4.69, 9.17) is 60.7 Å². The SMILES string of the molecule is C/C=N\OCCCCCOc1c(Cl)cc(OCC=C(Cl)Cl)cc1Cl. The van der Waals surface area contributed by atoms with E-state index in [9.17, 15) is 0 Å². The van der Waals surface area contributed by atoms with E-state index < -0.39 is 0 Å². The van der Waals surface area contributed by atoms with Crippen molar-refractivity contribution in [3.05, 3.63) is 32.7 Å². The highest BCUT2D eigenvalue weighted by Crippen LogP contribution is 2.37. The van der Waals surface area contributed by atoms with Crippen LogP contribution in [0, 0.1) is 0 Å². The van der Waals surface area contributed by atoms with Crippen molar-refractivity contribution in [3.63, 3.8) is 0 Å². The molecule has 0 atom stereocenters. The molecule has 24 heavy (non-hydrogen) atoms. The van der Waals surface area contributed by atoms with Gasteiger partial charge in [0.15, 0.2) is 5.75 Å². The van der Waals surface area contributed by atoms with Gasteiger partial charge in [0.25, 0.3) is 0 Å². The van der Waals surface area contributed by atoms with Crippen LogP contribution in [0.3, 0.4) is 0 Å². The molecule has 134 valence electrons. The van der Waals surface area contributed by atoms with Gasteiger partial charge in [0.05, 0.1) is 16.7 Å². The second kappa shape index (κ2) is 12.5. The standard InChI is InChI=1S/C16H19Cl4NO3/c1-2-21-24-8-5-3-4-7-23-16-13(17)10-12(11-14(16)18)22-9-6-15(19)20/h2,6,10-11H,3-5,7-9H2,1H3/b21-2-. The summed E-state index contributed by atoms with van der Waals surface area (Å²) < 4.78 is 11.2. The molecule has 0 saturated heterocycles. The summed E-state index contributed by atoms with van der Waals surface area (Å²) >= 11 is 23.4. The third kappa shape index (κ3) is 8.88. The lowest BCUT2D eigenvalue weighted by molar-refractivity contribution is 0.139. The van der Waals surface area contributed by atoms with Gasteiger partial charge in [-0.05, 0) is 32.3 Å². The van der Waals surface area contributed by atoms with Gasteiger partial charge < -0.3 is 14.3 Å². The Morgan fingerprint density at radius 3 is 2.33 bits per heavy atom. The molecular weight excluding hydrogens is 396 g/mol. The van der Waals surface area contributed by atoms with E-state index in [1.165, 1.54) is 6.08 Å². The van der Waals surface area contributed by atoms with Gasteiger partial charge in [0.1, 0.15) is 23.5 Å². The van der Waals surface area contributed by atoms with E-state index in [1.54, 1.807) is 25.3 Å². The summed E-state index contributed by atoms with van der Waals surface area (Å²) in [5.74, 6) is 0.959. The summed E-state index contributed by atoms with van der Waals surface area (Å²) in [6, 6.07) is 3.27. The van der Waals surface area contributed by atoms with Crippen LogP contribution >= 0.6 is 46.4 Å². The van der Waals surface area contributed by atoms with Crippen LogP contribution < -0.4 is 9.47 Å². The Labute approximate surface area is 162 Å². The summed E-state index contributed by atoms with van der Waals surface area (Å²) in [6.45, 7) is 3.14. The highest BCUT2D eigenvalue weighted by Gasteiger charge is 2.10. The second-order valence-corrected chi connectivity index (χ2v) is 6.45. The number of ether oxygens (including phenoxy) is 2. The number of unbranched alkanes of at least 4 members (excludes halogenated alkanes) is 2. The van der Waals surface area contributed by atoms with E-state index in [-0.39, 0.29) is 11.1 Å². The molecule has 0 fully saturated rings. The quantitative estimate of drug-likeness (QED) is 0.243. The lowest BCUT2D eigenvalue weighted by Gasteiger charge is -2.12. The number of hydrogen-bond acceptors (Lipinski definition) is 4. The number of nitrogens with zero attached hydrogens (tertiary/aromatic N) is 1. The van der Waals surface area contributed by atoms with Crippen LogP contribution in [0.25, 0.3) is 0 Å². The van der Waals surface area contributed by atoms with Crippen molar-refractivity contribution >= 4 is 52.6 Å². The fourth-order valence-electron chi connectivity index (χ4n) is 1.71. The Morgan fingerprint density at radius 2 is 1.71 bits per heavy atom. The topological polar surface area (TPSA) is 40.0 Å². The Hall–Kier alpha value is -0.810. The maximum Gasteiger partial charge on any atom is 0.156 e. The van der Waals surface area contributed by atoms with Crippen LogP contribution in [0.2, 0.25) is 10.0 Å². The van der Waals surface area contributed by atoms with Gasteiger partial charge >= 0.3 is 0 Å². The molecule has 8 heteroatoms. The molecule has 0 N–H and O–H groups in total. The summed E-state index contributed by atoms with van der Waals surface area (Å²) in [7, 11) is 0. The van der Waals surface area contributed by atoms with E-state index >= 15 is 0 Å². The van der Waals surface area contributed by atoms with Gasteiger partial charge in [0, 0.05) is 18.3 Å². The predicted octanol–water partition coefficient (Wildman–Crippen LogP) is 6.26. The number of halogens is 4. The molecule has 4 nitrogen and oxygen atoms in total. The van der Waals surface area contributed by atoms with E-state index in [1.807, 2.05) is 0 Å². The van der Waals surface area contributed by atoms with Gasteiger partial charge in [-0.25, -0.2) is 0 Å². The Balaban J connectivity index is 2.39. The average molecular weight is 415 g/mol. The molecule has 0 aromatic heterocycles. The minimum Gasteiger partial charge on any atom is -0.490 e. The van der Waals surface area contributed by atoms with Crippen LogP contribution in [-0.4, -0.2) is 26.0 Å². The summed E-state index contributed by atoms with van der Waals surface area (Å²) in [6.07, 6.45) is 5.86. The molecule has 0 aliphatic rings. The Kier molecular flexibility index (Phi) is 11.1. The van der Waals surface area contributed by atoms with Crippen LogP contribution in [0.5, 0.6) is 11.5 Å². The minimum atomic E-state index is 0.138. The normalized spacial score (nSPS) is 10.7. The fraction of sp³-hybridized carbons (Fsp3) is 0.438. The zero-order valence-corrected chi connectivity index (χ0v) is 16.3. The first-order chi connectivity index (χ1) is 11.5. The van der Waals surface area contributed by atoms with Crippen molar-refractivity contribution < 1.29 is 14.3 Å². The third-order valence-electron chi connectivity index (χ3n) is 2.77. The van der Waals surface area contributed by atoms with Gasteiger partial charge in [-0.15, -0.1) is 0 Å². The van der Waals surface area contributed by atoms with Crippen molar-refractivity contribution in [2.24, 2.45) is 5.16 Å². The first-order valence-corrected chi connectivity index (χ1v) is 8.91. The Morgan fingerprint density at radius 1 is 1.04 bits per heavy atom. The first-order valence-electron chi connectivity index (χ1n) is 7.40. The lowest BCUT2D eigenvalue weighted by Crippen LogP contribution is -2.00. The molecule has 1 aromatic rings. The molecule has 1 aromatic carbocycles. The molecule has 1 rings (SSSR count). The molecule has 0 aliphatic carbocycles. The van der Waals surface area contributed by atoms with Crippen LogP contribution in [-0.2, 0) is 4.84 Å². The van der Waals surface area contributed by atoms with E-state index in [2.05, 4.69) is 5.16 Å². The number of hydrogen-bond donors (Lipinski definition) is 0. The number of benzene rings is 1. The van der Waals surface area contributed by atoms with E-state index in [0.29, 0.717) is 34.8 Å². The molecule has 0 heterocycles. The van der Waals surface area contributed by atoms with Gasteiger partial charge in [0.2, 0.25) is 0 Å². The predicted molar refractivity (Wildman–Crippen MR) is 101 cm³/mol. The van der Waals surface area contributed by atoms with Crippen molar-refractivity contribution in [2.75, 3.05) is 19.8 Å². The summed E-state index contributed by atoms with van der Waals surface area (Å²) in [4.78, 5) is 5.00. The zero-order valence-electron chi connectivity index (χ0n) is 13.2. The van der Waals surface area contributed by atoms with Crippen molar-refractivity contribution in [1.29, 1.82) is 0 Å². The highest BCUT2D eigenvalue weighted by atomic mass is 35.5. The van der Waals surface area contributed by atoms with Crippen LogP contribution in [0.4, 0.5) is 0 Å². The summed E-state index contributed by atoms with van der Waals surface area (Å²) in [5, 5.41) is 4.45. The van der Waals surface area contributed by atoms with Crippen molar-refractivity contribution in [3.8, 4) is 11.5 Å². The molecule has 0 unspecified atom stereocenters. The molecule has 0 saturated carbocycles. The monoisotopic (exact) mass is 413 g/mol. The molecule has 0 aliphatic heterocycles. The van der Waals surface area contributed by atoms with Gasteiger partial charge in [-0.3, -0.25) is 0 Å². The van der Waals surface area contributed by atoms with Gasteiger partial charge in [-0.1, -0.05) is 51.6 Å². The molecule has 0 spiro atoms. The average Bonchev–Trinajstić information content (AvgIpc) is 2.51. The third-order valence-corrected chi connectivity index (χ3v) is 3.64. The maximum atomic E-state index is 6.18. The molecule has 0 bridgehead atoms. The fourth-order valence-corrected chi connectivity index (χ4v) is 2.41. The zero-order chi connectivity index (χ0) is 17.8. The highest BCUT2D eigenvalue weighted by molar-refractivity contribution is 6.55. The molecular formula is C16H19Cl4NO3. The van der Waals surface area contributed by atoms with Crippen LogP contribution in [0.1, 0.15) is 26.2 Å². The van der Waals surface area contributed by atoms with E-state index in [0.717, 1.165) is 19.3 Å². The number of oxime groups is 1. The first kappa shape index (κ1) is 21.2. The number of rotatable bonds is 11. The minimum absolute atomic E-state index is 0.138. The van der Waals surface area contributed by atoms with Crippen molar-refractivity contribution in [2.45, 2.75) is 26.2 Å². The summed E-state index contributed by atoms with van der Waals surface area (Å²) in [5.41, 5.74) is 0. The molecule has 0 radical (unpaired) electrons. The van der Waals surface area contributed by atoms with Crippen LogP contribution in [0.15, 0.2) is 27.9 Å². The van der Waals surface area contributed by atoms with Gasteiger partial charge in [-0.2, -0.15) is 0 Å². The smallest absolute Gasteiger partial charge is 0.156 e. The van der Waals surface area contributed by atoms with Crippen molar-refractivity contribution in [1.82, 2.24) is 0 Å². The maximum absolute atomic E-state index is 6.18. The second-order valence-electron chi connectivity index (χ2n) is 4.63. The largest absolute Gasteiger partial charge is 0.490 e. The Bertz CT molecular complexity index is 537. The molecule has 0 amide bonds. The lowest BCUT2D eigenvalue weighted by atomic mass is 10.2.